The van der Waals surface area contributed by atoms with Gasteiger partial charge in [0.15, 0.2) is 0 Å². The number of nitrogens with zero attached hydrogens (tertiary/aromatic N) is 2. The summed E-state index contributed by atoms with van der Waals surface area (Å²) in [6.45, 7) is 7.42. The fourth-order valence-electron chi connectivity index (χ4n) is 2.42. The van der Waals surface area contributed by atoms with E-state index < -0.39 is 0 Å². The number of aromatic nitrogens is 2. The van der Waals surface area contributed by atoms with Gasteiger partial charge in [0.1, 0.15) is 0 Å². The van der Waals surface area contributed by atoms with Gasteiger partial charge >= 0.3 is 0 Å². The molecule has 0 saturated heterocycles. The Labute approximate surface area is 120 Å². The molecule has 19 heavy (non-hydrogen) atoms. The van der Waals surface area contributed by atoms with Crippen LogP contribution in [0.1, 0.15) is 39.3 Å². The maximum absolute atomic E-state index is 6.31. The number of alkyl halides is 1. The first-order valence-electron chi connectivity index (χ1n) is 7.22. The minimum absolute atomic E-state index is 0.277. The highest BCUT2D eigenvalue weighted by molar-refractivity contribution is 6.20. The van der Waals surface area contributed by atoms with E-state index in [-0.39, 0.29) is 5.38 Å². The van der Waals surface area contributed by atoms with E-state index in [1.165, 1.54) is 16.6 Å². The normalized spacial score (nSPS) is 13.3. The number of aryl methyl sites for hydroxylation is 2. The summed E-state index contributed by atoms with van der Waals surface area (Å²) in [5.74, 6) is 0.548. The molecule has 1 heterocycles. The smallest absolute Gasteiger partial charge is 0.0703 e. The summed E-state index contributed by atoms with van der Waals surface area (Å²) < 4.78 is 2.09. The van der Waals surface area contributed by atoms with Crippen molar-refractivity contribution in [3.63, 3.8) is 0 Å². The molecule has 0 aliphatic heterocycles. The summed E-state index contributed by atoms with van der Waals surface area (Å²) in [5.41, 5.74) is 2.45. The second-order valence-corrected chi connectivity index (χ2v) is 5.99. The Morgan fingerprint density at radius 3 is 2.68 bits per heavy atom. The quantitative estimate of drug-likeness (QED) is 0.704. The topological polar surface area (TPSA) is 17.8 Å². The molecular formula is C16H23ClN2. The van der Waals surface area contributed by atoms with E-state index in [1.54, 1.807) is 0 Å². The highest BCUT2D eigenvalue weighted by atomic mass is 35.5. The van der Waals surface area contributed by atoms with E-state index in [0.717, 1.165) is 25.8 Å². The van der Waals surface area contributed by atoms with Crippen LogP contribution in [0.2, 0.25) is 0 Å². The predicted molar refractivity (Wildman–Crippen MR) is 82.8 cm³/mol. The molecule has 1 aromatic heterocycles. The number of para-hydroxylation sites is 1. The van der Waals surface area contributed by atoms with Gasteiger partial charge in [0.05, 0.1) is 11.2 Å². The molecular weight excluding hydrogens is 256 g/mol. The summed E-state index contributed by atoms with van der Waals surface area (Å²) in [7, 11) is 0. The second kappa shape index (κ2) is 6.42. The zero-order valence-corrected chi connectivity index (χ0v) is 12.8. The third-order valence-electron chi connectivity index (χ3n) is 3.65. The van der Waals surface area contributed by atoms with Crippen LogP contribution in [-0.4, -0.2) is 15.2 Å². The Hall–Kier alpha value is -1.02. The molecule has 1 atom stereocenters. The van der Waals surface area contributed by atoms with Crippen LogP contribution in [-0.2, 0) is 13.0 Å². The van der Waals surface area contributed by atoms with Crippen LogP contribution in [0.4, 0.5) is 0 Å². The summed E-state index contributed by atoms with van der Waals surface area (Å²) >= 11 is 6.31. The van der Waals surface area contributed by atoms with Crippen molar-refractivity contribution in [2.45, 2.75) is 52.0 Å². The van der Waals surface area contributed by atoms with Gasteiger partial charge in [-0.1, -0.05) is 32.0 Å². The van der Waals surface area contributed by atoms with Crippen molar-refractivity contribution in [1.82, 2.24) is 9.78 Å². The first kappa shape index (κ1) is 14.4. The molecule has 2 rings (SSSR count). The van der Waals surface area contributed by atoms with Crippen LogP contribution in [0, 0.1) is 5.92 Å². The second-order valence-electron chi connectivity index (χ2n) is 5.43. The molecule has 0 bridgehead atoms. The van der Waals surface area contributed by atoms with Gasteiger partial charge in [0.25, 0.3) is 0 Å². The average molecular weight is 279 g/mol. The lowest BCUT2D eigenvalue weighted by atomic mass is 10.0. The zero-order chi connectivity index (χ0) is 13.8. The van der Waals surface area contributed by atoms with E-state index in [9.17, 15) is 0 Å². The van der Waals surface area contributed by atoms with Crippen molar-refractivity contribution in [2.75, 3.05) is 0 Å². The number of benzene rings is 1. The molecule has 2 nitrogen and oxygen atoms in total. The molecule has 0 aliphatic carbocycles. The first-order chi connectivity index (χ1) is 9.13. The molecule has 0 spiro atoms. The summed E-state index contributed by atoms with van der Waals surface area (Å²) in [4.78, 5) is 0. The van der Waals surface area contributed by atoms with E-state index in [0.29, 0.717) is 5.92 Å². The van der Waals surface area contributed by atoms with E-state index in [4.69, 9.17) is 16.7 Å². The van der Waals surface area contributed by atoms with Crippen molar-refractivity contribution < 1.29 is 0 Å². The lowest BCUT2D eigenvalue weighted by Gasteiger charge is -2.12. The van der Waals surface area contributed by atoms with Crippen LogP contribution in [0.15, 0.2) is 24.3 Å². The van der Waals surface area contributed by atoms with Crippen LogP contribution < -0.4 is 0 Å². The fourth-order valence-corrected chi connectivity index (χ4v) is 2.57. The lowest BCUT2D eigenvalue weighted by molar-refractivity contribution is 0.543. The molecule has 0 aliphatic rings. The van der Waals surface area contributed by atoms with Gasteiger partial charge in [-0.05, 0) is 38.2 Å². The standard InChI is InChI=1S/C16H23ClN2/c1-4-19-16-11-6-5-8-13(16)15(18-19)10-7-9-14(17)12(2)3/h5-6,8,11-12,14H,4,7,9-10H2,1-3H3. The van der Waals surface area contributed by atoms with Gasteiger partial charge in [0.2, 0.25) is 0 Å². The Bertz CT molecular complexity index is 531. The molecule has 0 N–H and O–H groups in total. The Balaban J connectivity index is 2.08. The van der Waals surface area contributed by atoms with E-state index >= 15 is 0 Å². The van der Waals surface area contributed by atoms with Crippen LogP contribution in [0.5, 0.6) is 0 Å². The third-order valence-corrected chi connectivity index (χ3v) is 4.37. The van der Waals surface area contributed by atoms with Crippen LogP contribution >= 0.6 is 11.6 Å². The minimum Gasteiger partial charge on any atom is -0.265 e. The van der Waals surface area contributed by atoms with Crippen molar-refractivity contribution in [3.05, 3.63) is 30.0 Å². The van der Waals surface area contributed by atoms with Gasteiger partial charge in [-0.3, -0.25) is 4.68 Å². The maximum atomic E-state index is 6.31. The largest absolute Gasteiger partial charge is 0.265 e. The lowest BCUT2D eigenvalue weighted by Crippen LogP contribution is -2.08. The van der Waals surface area contributed by atoms with Gasteiger partial charge in [-0.2, -0.15) is 5.10 Å². The summed E-state index contributed by atoms with van der Waals surface area (Å²) in [6.07, 6.45) is 3.19. The number of hydrogen-bond acceptors (Lipinski definition) is 1. The molecule has 1 aromatic carbocycles. The van der Waals surface area contributed by atoms with Gasteiger partial charge in [-0.25, -0.2) is 0 Å². The molecule has 3 heteroatoms. The Morgan fingerprint density at radius 1 is 1.26 bits per heavy atom. The number of halogens is 1. The van der Waals surface area contributed by atoms with E-state index in [1.807, 2.05) is 0 Å². The summed E-state index contributed by atoms with van der Waals surface area (Å²) in [5, 5.41) is 6.29. The molecule has 0 fully saturated rings. The van der Waals surface area contributed by atoms with Crippen LogP contribution in [0.3, 0.4) is 0 Å². The highest BCUT2D eigenvalue weighted by Crippen LogP contribution is 2.22. The first-order valence-corrected chi connectivity index (χ1v) is 7.65. The van der Waals surface area contributed by atoms with Crippen LogP contribution in [0.25, 0.3) is 10.9 Å². The molecule has 0 radical (unpaired) electrons. The van der Waals surface area contributed by atoms with Gasteiger partial charge < -0.3 is 0 Å². The zero-order valence-electron chi connectivity index (χ0n) is 12.1. The molecule has 1 unspecified atom stereocenters. The number of hydrogen-bond donors (Lipinski definition) is 0. The number of fused-ring (bicyclic) bond motifs is 1. The molecule has 0 amide bonds. The monoisotopic (exact) mass is 278 g/mol. The van der Waals surface area contributed by atoms with E-state index in [2.05, 4.69) is 49.7 Å². The third kappa shape index (κ3) is 3.30. The summed E-state index contributed by atoms with van der Waals surface area (Å²) in [6, 6.07) is 8.48. The highest BCUT2D eigenvalue weighted by Gasteiger charge is 2.12. The van der Waals surface area contributed by atoms with Crippen molar-refractivity contribution >= 4 is 22.5 Å². The molecule has 0 saturated carbocycles. The van der Waals surface area contributed by atoms with Crippen molar-refractivity contribution in [2.24, 2.45) is 5.92 Å². The van der Waals surface area contributed by atoms with Crippen molar-refractivity contribution in [1.29, 1.82) is 0 Å². The maximum Gasteiger partial charge on any atom is 0.0703 e. The SMILES string of the molecule is CCn1nc(CCCC(Cl)C(C)C)c2ccccc21. The Kier molecular flexibility index (Phi) is 4.87. The average Bonchev–Trinajstić information content (AvgIpc) is 2.77. The van der Waals surface area contributed by atoms with Crippen molar-refractivity contribution in [3.8, 4) is 0 Å². The minimum atomic E-state index is 0.277. The predicted octanol–water partition coefficient (Wildman–Crippen LogP) is 4.64. The van der Waals surface area contributed by atoms with Gasteiger partial charge in [-0.15, -0.1) is 11.6 Å². The molecule has 2 aromatic rings. The fraction of sp³-hybridized carbons (Fsp3) is 0.562. The number of rotatable bonds is 6. The molecule has 104 valence electrons. The van der Waals surface area contributed by atoms with Gasteiger partial charge in [0, 0.05) is 17.3 Å². The Morgan fingerprint density at radius 2 is 2.00 bits per heavy atom.